The number of carbonyl (C=O) groups excluding carboxylic acids is 1. The van der Waals surface area contributed by atoms with Crippen molar-refractivity contribution in [2.24, 2.45) is 0 Å². The van der Waals surface area contributed by atoms with Gasteiger partial charge in [0, 0.05) is 18.1 Å². The summed E-state index contributed by atoms with van der Waals surface area (Å²) in [6.45, 7) is 0.319. The lowest BCUT2D eigenvalue weighted by atomic mass is 10.1. The fourth-order valence-electron chi connectivity index (χ4n) is 1.92. The Bertz CT molecular complexity index is 763. The molecule has 100 valence electrons. The summed E-state index contributed by atoms with van der Waals surface area (Å²) in [5.74, 6) is -0.463. The van der Waals surface area contributed by atoms with Crippen molar-refractivity contribution >= 4 is 22.6 Å². The van der Waals surface area contributed by atoms with Crippen LogP contribution in [-0.2, 0) is 6.54 Å². The van der Waals surface area contributed by atoms with Crippen LogP contribution in [0.3, 0.4) is 0 Å². The predicted octanol–water partition coefficient (Wildman–Crippen LogP) is 1.13. The number of nitrogens with two attached hydrogens (primary N) is 1. The van der Waals surface area contributed by atoms with Gasteiger partial charge in [0.25, 0.3) is 5.91 Å². The van der Waals surface area contributed by atoms with Crippen LogP contribution in [0.2, 0.25) is 0 Å². The number of anilines is 1. The number of para-hydroxylation sites is 1. The summed E-state index contributed by atoms with van der Waals surface area (Å²) in [4.78, 5) is 16.2. The molecule has 3 rings (SSSR count). The van der Waals surface area contributed by atoms with Crippen LogP contribution in [0.4, 0.5) is 5.82 Å². The zero-order chi connectivity index (χ0) is 13.9. The van der Waals surface area contributed by atoms with Gasteiger partial charge in [0.15, 0.2) is 0 Å². The molecule has 3 N–H and O–H groups in total. The first-order chi connectivity index (χ1) is 9.75. The first-order valence-corrected chi connectivity index (χ1v) is 5.94. The molecule has 1 aromatic carbocycles. The molecule has 0 aliphatic heterocycles. The van der Waals surface area contributed by atoms with Crippen LogP contribution in [0, 0.1) is 0 Å². The van der Waals surface area contributed by atoms with Crippen LogP contribution in [0.25, 0.3) is 10.9 Å². The van der Waals surface area contributed by atoms with Crippen molar-refractivity contribution in [1.82, 2.24) is 20.6 Å². The minimum atomic E-state index is -0.434. The van der Waals surface area contributed by atoms with Gasteiger partial charge in [0.2, 0.25) is 11.5 Å². The number of fused-ring (bicyclic) bond motifs is 1. The van der Waals surface area contributed by atoms with Gasteiger partial charge in [-0.1, -0.05) is 24.3 Å². The number of amides is 1. The van der Waals surface area contributed by atoms with Crippen LogP contribution in [0.5, 0.6) is 0 Å². The molecule has 7 nitrogen and oxygen atoms in total. The van der Waals surface area contributed by atoms with E-state index in [1.165, 1.54) is 0 Å². The van der Waals surface area contributed by atoms with E-state index in [9.17, 15) is 4.79 Å². The molecule has 0 saturated carbocycles. The molecule has 20 heavy (non-hydrogen) atoms. The van der Waals surface area contributed by atoms with Gasteiger partial charge in [-0.05, 0) is 21.9 Å². The number of nitrogens with zero attached hydrogens (tertiary/aromatic N) is 3. The zero-order valence-electron chi connectivity index (χ0n) is 10.4. The van der Waals surface area contributed by atoms with Crippen LogP contribution in [-0.4, -0.2) is 21.2 Å². The van der Waals surface area contributed by atoms with Crippen molar-refractivity contribution in [3.8, 4) is 0 Å². The Hall–Kier alpha value is -2.96. The molecule has 0 atom stereocenters. The van der Waals surface area contributed by atoms with E-state index in [2.05, 4.69) is 25.2 Å². The number of nitrogens with one attached hydrogen (secondary N) is 1. The summed E-state index contributed by atoms with van der Waals surface area (Å²) in [7, 11) is 0. The maximum Gasteiger partial charge on any atom is 0.277 e. The second kappa shape index (κ2) is 4.96. The highest BCUT2D eigenvalue weighted by atomic mass is 16.6. The third-order valence-electron chi connectivity index (χ3n) is 2.88. The van der Waals surface area contributed by atoms with Crippen LogP contribution in [0.15, 0.2) is 41.2 Å². The largest absolute Gasteiger partial charge is 0.379 e. The van der Waals surface area contributed by atoms with Crippen LogP contribution < -0.4 is 11.1 Å². The van der Waals surface area contributed by atoms with Gasteiger partial charge < -0.3 is 11.1 Å². The standard InChI is InChI=1S/C13H11N5O2/c14-12-11(17-20-18-12)13(19)16-7-9-4-1-3-8-5-2-6-15-10(8)9/h1-6H,7H2,(H2,14,18)(H,16,19). The summed E-state index contributed by atoms with van der Waals surface area (Å²) in [6, 6.07) is 9.62. The van der Waals surface area contributed by atoms with Crippen molar-refractivity contribution in [2.45, 2.75) is 6.54 Å². The van der Waals surface area contributed by atoms with E-state index in [0.29, 0.717) is 6.54 Å². The molecular formula is C13H11N5O2. The van der Waals surface area contributed by atoms with Gasteiger partial charge in [0.1, 0.15) is 0 Å². The quantitative estimate of drug-likeness (QED) is 0.738. The smallest absolute Gasteiger partial charge is 0.277 e. The van der Waals surface area contributed by atoms with E-state index in [-0.39, 0.29) is 11.5 Å². The number of aromatic nitrogens is 3. The molecule has 0 spiro atoms. The fourth-order valence-corrected chi connectivity index (χ4v) is 1.92. The van der Waals surface area contributed by atoms with Crippen molar-refractivity contribution < 1.29 is 9.42 Å². The first kappa shape index (κ1) is 12.1. The van der Waals surface area contributed by atoms with Gasteiger partial charge >= 0.3 is 0 Å². The normalized spacial score (nSPS) is 10.6. The summed E-state index contributed by atoms with van der Waals surface area (Å²) in [6.07, 6.45) is 1.72. The number of pyridine rings is 1. The third-order valence-corrected chi connectivity index (χ3v) is 2.88. The molecular weight excluding hydrogens is 258 g/mol. The van der Waals surface area contributed by atoms with Crippen molar-refractivity contribution in [3.63, 3.8) is 0 Å². The predicted molar refractivity (Wildman–Crippen MR) is 71.6 cm³/mol. The number of benzene rings is 1. The minimum Gasteiger partial charge on any atom is -0.379 e. The van der Waals surface area contributed by atoms with E-state index in [0.717, 1.165) is 16.5 Å². The molecule has 0 bridgehead atoms. The summed E-state index contributed by atoms with van der Waals surface area (Å²) >= 11 is 0. The highest BCUT2D eigenvalue weighted by molar-refractivity contribution is 5.96. The number of rotatable bonds is 3. The Morgan fingerprint density at radius 2 is 2.10 bits per heavy atom. The number of carbonyl (C=O) groups is 1. The van der Waals surface area contributed by atoms with Crippen molar-refractivity contribution in [3.05, 3.63) is 47.8 Å². The Labute approximate surface area is 113 Å². The molecule has 0 unspecified atom stereocenters. The fraction of sp³-hybridized carbons (Fsp3) is 0.0769. The lowest BCUT2D eigenvalue weighted by molar-refractivity contribution is 0.0942. The molecule has 0 saturated heterocycles. The molecule has 0 aliphatic rings. The summed E-state index contributed by atoms with van der Waals surface area (Å²) in [5, 5.41) is 10.5. The molecule has 2 aromatic heterocycles. The molecule has 1 amide bonds. The molecule has 3 aromatic rings. The van der Waals surface area contributed by atoms with Crippen molar-refractivity contribution in [2.75, 3.05) is 5.73 Å². The minimum absolute atomic E-state index is 0.0156. The lowest BCUT2D eigenvalue weighted by Crippen LogP contribution is -2.24. The Balaban J connectivity index is 1.81. The van der Waals surface area contributed by atoms with Crippen LogP contribution in [0.1, 0.15) is 16.1 Å². The second-order valence-electron chi connectivity index (χ2n) is 4.17. The Morgan fingerprint density at radius 1 is 1.25 bits per heavy atom. The van der Waals surface area contributed by atoms with Gasteiger partial charge in [-0.25, -0.2) is 4.63 Å². The molecule has 0 fully saturated rings. The average Bonchev–Trinajstić information content (AvgIpc) is 2.91. The Morgan fingerprint density at radius 3 is 2.90 bits per heavy atom. The van der Waals surface area contributed by atoms with Gasteiger partial charge in [-0.3, -0.25) is 9.78 Å². The number of hydrogen-bond donors (Lipinski definition) is 2. The number of nitrogen functional groups attached to an aromatic ring is 1. The van der Waals surface area contributed by atoms with Gasteiger partial charge in [-0.2, -0.15) is 0 Å². The van der Waals surface area contributed by atoms with E-state index >= 15 is 0 Å². The Kier molecular flexibility index (Phi) is 3.00. The molecule has 7 heteroatoms. The zero-order valence-corrected chi connectivity index (χ0v) is 10.4. The van der Waals surface area contributed by atoms with E-state index < -0.39 is 5.91 Å². The molecule has 0 aliphatic carbocycles. The second-order valence-corrected chi connectivity index (χ2v) is 4.17. The summed E-state index contributed by atoms with van der Waals surface area (Å²) < 4.78 is 4.39. The van der Waals surface area contributed by atoms with E-state index in [1.807, 2.05) is 30.3 Å². The average molecular weight is 269 g/mol. The maximum absolute atomic E-state index is 11.9. The highest BCUT2D eigenvalue weighted by Crippen LogP contribution is 2.15. The SMILES string of the molecule is Nc1nonc1C(=O)NCc1cccc2cccnc12. The van der Waals surface area contributed by atoms with Crippen LogP contribution >= 0.6 is 0 Å². The third kappa shape index (κ3) is 2.16. The van der Waals surface area contributed by atoms with Gasteiger partial charge in [-0.15, -0.1) is 0 Å². The topological polar surface area (TPSA) is 107 Å². The monoisotopic (exact) mass is 269 g/mol. The van der Waals surface area contributed by atoms with E-state index in [4.69, 9.17) is 5.73 Å². The summed E-state index contributed by atoms with van der Waals surface area (Å²) in [5.41, 5.74) is 7.20. The van der Waals surface area contributed by atoms with Crippen molar-refractivity contribution in [1.29, 1.82) is 0 Å². The highest BCUT2D eigenvalue weighted by Gasteiger charge is 2.15. The lowest BCUT2D eigenvalue weighted by Gasteiger charge is -2.06. The van der Waals surface area contributed by atoms with E-state index in [1.54, 1.807) is 6.20 Å². The first-order valence-electron chi connectivity index (χ1n) is 5.94. The van der Waals surface area contributed by atoms with Gasteiger partial charge in [0.05, 0.1) is 5.52 Å². The number of hydrogen-bond acceptors (Lipinski definition) is 6. The maximum atomic E-state index is 11.9. The molecule has 2 heterocycles. The molecule has 0 radical (unpaired) electrons.